The van der Waals surface area contributed by atoms with E-state index in [4.69, 9.17) is 4.74 Å². The molecular weight excluding hydrogens is 204 g/mol. The number of aromatic nitrogens is 2. The molecule has 3 rings (SSSR count). The molecule has 0 saturated carbocycles. The minimum Gasteiger partial charge on any atom is -0.506 e. The highest BCUT2D eigenvalue weighted by Crippen LogP contribution is 2.27. The van der Waals surface area contributed by atoms with E-state index < -0.39 is 0 Å². The Kier molecular flexibility index (Phi) is 2.29. The molecule has 16 heavy (non-hydrogen) atoms. The summed E-state index contributed by atoms with van der Waals surface area (Å²) >= 11 is 0. The van der Waals surface area contributed by atoms with Crippen LogP contribution in [0.15, 0.2) is 24.5 Å². The smallest absolute Gasteiger partial charge is 0.141 e. The quantitative estimate of drug-likeness (QED) is 0.795. The third-order valence-electron chi connectivity index (χ3n) is 3.10. The number of fused-ring (bicyclic) bond motifs is 1. The molecule has 84 valence electrons. The van der Waals surface area contributed by atoms with Gasteiger partial charge in [0.15, 0.2) is 0 Å². The highest BCUT2D eigenvalue weighted by molar-refractivity contribution is 5.58. The SMILES string of the molecule is Oc1cccn2c(C3CCCOC3)ncc12. The zero-order chi connectivity index (χ0) is 11.0. The molecule has 0 bridgehead atoms. The van der Waals surface area contributed by atoms with Gasteiger partial charge in [-0.15, -0.1) is 0 Å². The molecule has 2 aromatic rings. The van der Waals surface area contributed by atoms with Gasteiger partial charge in [-0.05, 0) is 25.0 Å². The molecule has 4 nitrogen and oxygen atoms in total. The fourth-order valence-electron chi connectivity index (χ4n) is 2.27. The molecule has 0 aromatic carbocycles. The first-order valence-corrected chi connectivity index (χ1v) is 5.59. The molecule has 1 N–H and O–H groups in total. The van der Waals surface area contributed by atoms with E-state index in [9.17, 15) is 5.11 Å². The van der Waals surface area contributed by atoms with Gasteiger partial charge in [0.05, 0.1) is 12.8 Å². The van der Waals surface area contributed by atoms with E-state index in [0.29, 0.717) is 5.92 Å². The van der Waals surface area contributed by atoms with Crippen molar-refractivity contribution in [1.29, 1.82) is 0 Å². The van der Waals surface area contributed by atoms with Crippen LogP contribution in [0.3, 0.4) is 0 Å². The first-order chi connectivity index (χ1) is 7.86. The highest BCUT2D eigenvalue weighted by Gasteiger charge is 2.20. The van der Waals surface area contributed by atoms with Gasteiger partial charge >= 0.3 is 0 Å². The number of hydrogen-bond acceptors (Lipinski definition) is 3. The second-order valence-electron chi connectivity index (χ2n) is 4.18. The average molecular weight is 218 g/mol. The summed E-state index contributed by atoms with van der Waals surface area (Å²) in [5, 5.41) is 9.69. The van der Waals surface area contributed by atoms with Crippen LogP contribution < -0.4 is 0 Å². The second-order valence-corrected chi connectivity index (χ2v) is 4.18. The summed E-state index contributed by atoms with van der Waals surface area (Å²) in [6.45, 7) is 1.58. The Labute approximate surface area is 93.5 Å². The van der Waals surface area contributed by atoms with Crippen LogP contribution in [0.4, 0.5) is 0 Å². The van der Waals surface area contributed by atoms with Crippen LogP contribution in [0, 0.1) is 0 Å². The number of nitrogens with zero attached hydrogens (tertiary/aromatic N) is 2. The third kappa shape index (κ3) is 1.46. The number of hydrogen-bond donors (Lipinski definition) is 1. The summed E-state index contributed by atoms with van der Waals surface area (Å²) in [5.41, 5.74) is 0.767. The molecule has 3 heterocycles. The Hall–Kier alpha value is -1.55. The van der Waals surface area contributed by atoms with Gasteiger partial charge in [-0.25, -0.2) is 4.98 Å². The molecule has 1 atom stereocenters. The highest BCUT2D eigenvalue weighted by atomic mass is 16.5. The molecule has 0 spiro atoms. The van der Waals surface area contributed by atoms with Crippen LogP contribution in [0.25, 0.3) is 5.52 Å². The van der Waals surface area contributed by atoms with Gasteiger partial charge in [0.25, 0.3) is 0 Å². The standard InChI is InChI=1S/C12H14N2O2/c15-11-4-1-5-14-10(11)7-13-12(14)9-3-2-6-16-8-9/h1,4-5,7,9,15H,2-3,6,8H2. The van der Waals surface area contributed by atoms with Crippen molar-refractivity contribution in [3.8, 4) is 5.75 Å². The van der Waals surface area contributed by atoms with Crippen molar-refractivity contribution in [2.45, 2.75) is 18.8 Å². The van der Waals surface area contributed by atoms with Crippen molar-refractivity contribution in [3.63, 3.8) is 0 Å². The number of aromatic hydroxyl groups is 1. The van der Waals surface area contributed by atoms with Crippen molar-refractivity contribution in [2.75, 3.05) is 13.2 Å². The average Bonchev–Trinajstić information content (AvgIpc) is 2.75. The van der Waals surface area contributed by atoms with Crippen LogP contribution in [0.2, 0.25) is 0 Å². The molecule has 1 aliphatic rings. The first-order valence-electron chi connectivity index (χ1n) is 5.59. The summed E-state index contributed by atoms with van der Waals surface area (Å²) in [6, 6.07) is 3.51. The minimum absolute atomic E-state index is 0.276. The van der Waals surface area contributed by atoms with Gasteiger partial charge in [-0.1, -0.05) is 0 Å². The zero-order valence-corrected chi connectivity index (χ0v) is 8.97. The minimum atomic E-state index is 0.276. The second kappa shape index (κ2) is 3.79. The molecule has 1 fully saturated rings. The summed E-state index contributed by atoms with van der Waals surface area (Å²) in [4.78, 5) is 4.40. The molecule has 1 aliphatic heterocycles. The largest absolute Gasteiger partial charge is 0.506 e. The maximum absolute atomic E-state index is 9.69. The third-order valence-corrected chi connectivity index (χ3v) is 3.10. The Balaban J connectivity index is 2.06. The van der Waals surface area contributed by atoms with Crippen molar-refractivity contribution >= 4 is 5.52 Å². The van der Waals surface area contributed by atoms with E-state index in [2.05, 4.69) is 4.98 Å². The molecule has 1 saturated heterocycles. The lowest BCUT2D eigenvalue weighted by atomic mass is 10.0. The first kappa shape index (κ1) is 9.66. The number of imidazole rings is 1. The molecule has 0 aliphatic carbocycles. The van der Waals surface area contributed by atoms with E-state index in [1.54, 1.807) is 12.3 Å². The van der Waals surface area contributed by atoms with E-state index in [1.165, 1.54) is 0 Å². The van der Waals surface area contributed by atoms with Gasteiger partial charge < -0.3 is 14.2 Å². The lowest BCUT2D eigenvalue weighted by Crippen LogP contribution is -2.17. The molecule has 4 heteroatoms. The van der Waals surface area contributed by atoms with E-state index in [0.717, 1.165) is 37.4 Å². The van der Waals surface area contributed by atoms with Gasteiger partial charge in [0.2, 0.25) is 0 Å². The van der Waals surface area contributed by atoms with Crippen LogP contribution in [-0.2, 0) is 4.74 Å². The number of ether oxygens (including phenoxy) is 1. The maximum atomic E-state index is 9.69. The van der Waals surface area contributed by atoms with E-state index in [-0.39, 0.29) is 5.75 Å². The van der Waals surface area contributed by atoms with E-state index >= 15 is 0 Å². The molecule has 2 aromatic heterocycles. The lowest BCUT2D eigenvalue weighted by Gasteiger charge is -2.20. The van der Waals surface area contributed by atoms with Gasteiger partial charge in [0, 0.05) is 18.7 Å². The molecule has 1 unspecified atom stereocenters. The summed E-state index contributed by atoms with van der Waals surface area (Å²) < 4.78 is 7.42. The van der Waals surface area contributed by atoms with Crippen molar-refractivity contribution in [3.05, 3.63) is 30.4 Å². The fourth-order valence-corrected chi connectivity index (χ4v) is 2.27. The van der Waals surface area contributed by atoms with Crippen LogP contribution in [0.5, 0.6) is 5.75 Å². The van der Waals surface area contributed by atoms with Crippen molar-refractivity contribution in [2.24, 2.45) is 0 Å². The Morgan fingerprint density at radius 1 is 1.50 bits per heavy atom. The van der Waals surface area contributed by atoms with Crippen LogP contribution >= 0.6 is 0 Å². The molecule has 0 radical (unpaired) electrons. The summed E-state index contributed by atoms with van der Waals surface area (Å²) in [7, 11) is 0. The zero-order valence-electron chi connectivity index (χ0n) is 8.97. The van der Waals surface area contributed by atoms with Gasteiger partial charge in [0.1, 0.15) is 17.1 Å². The van der Waals surface area contributed by atoms with Crippen LogP contribution in [0.1, 0.15) is 24.6 Å². The van der Waals surface area contributed by atoms with Crippen LogP contribution in [-0.4, -0.2) is 27.7 Å². The normalized spacial score (nSPS) is 21.4. The van der Waals surface area contributed by atoms with E-state index in [1.807, 2.05) is 16.7 Å². The maximum Gasteiger partial charge on any atom is 0.141 e. The fraction of sp³-hybridized carbons (Fsp3) is 0.417. The Morgan fingerprint density at radius 3 is 3.25 bits per heavy atom. The van der Waals surface area contributed by atoms with Gasteiger partial charge in [-0.2, -0.15) is 0 Å². The summed E-state index contributed by atoms with van der Waals surface area (Å²) in [5.74, 6) is 1.61. The predicted molar refractivity (Wildman–Crippen MR) is 59.7 cm³/mol. The number of rotatable bonds is 1. The molecule has 0 amide bonds. The topological polar surface area (TPSA) is 46.8 Å². The lowest BCUT2D eigenvalue weighted by molar-refractivity contribution is 0.0779. The van der Waals surface area contributed by atoms with Gasteiger partial charge in [-0.3, -0.25) is 0 Å². The Bertz CT molecular complexity index is 501. The predicted octanol–water partition coefficient (Wildman–Crippen LogP) is 1.93. The van der Waals surface area contributed by atoms with Crippen molar-refractivity contribution in [1.82, 2.24) is 9.38 Å². The summed E-state index contributed by atoms with van der Waals surface area (Å²) in [6.07, 6.45) is 5.85. The number of pyridine rings is 1. The Morgan fingerprint density at radius 2 is 2.44 bits per heavy atom. The van der Waals surface area contributed by atoms with Crippen molar-refractivity contribution < 1.29 is 9.84 Å². The molecular formula is C12H14N2O2. The monoisotopic (exact) mass is 218 g/mol.